The molecule has 1 aliphatic carbocycles. The van der Waals surface area contributed by atoms with Gasteiger partial charge in [-0.1, -0.05) is 6.42 Å². The first-order valence-electron chi connectivity index (χ1n) is 9.03. The van der Waals surface area contributed by atoms with Gasteiger partial charge < -0.3 is 14.8 Å². The second-order valence-electron chi connectivity index (χ2n) is 6.80. The van der Waals surface area contributed by atoms with Gasteiger partial charge in [0, 0.05) is 28.4 Å². The van der Waals surface area contributed by atoms with E-state index in [0.29, 0.717) is 17.4 Å². The lowest BCUT2D eigenvalue weighted by molar-refractivity contribution is -0.274. The van der Waals surface area contributed by atoms with Crippen LogP contribution in [0.3, 0.4) is 0 Å². The molecule has 0 aliphatic heterocycles. The van der Waals surface area contributed by atoms with Crippen LogP contribution in [0, 0.1) is 0 Å². The lowest BCUT2D eigenvalue weighted by Gasteiger charge is -2.26. The first-order chi connectivity index (χ1) is 13.4. The monoisotopic (exact) mass is 388 g/mol. The van der Waals surface area contributed by atoms with Crippen molar-refractivity contribution in [1.82, 2.24) is 4.98 Å². The minimum atomic E-state index is -4.70. The zero-order valence-corrected chi connectivity index (χ0v) is 15.2. The van der Waals surface area contributed by atoms with Crippen molar-refractivity contribution in [2.75, 3.05) is 12.4 Å². The molecule has 0 unspecified atom stereocenters. The van der Waals surface area contributed by atoms with Crippen LogP contribution < -0.4 is 14.8 Å². The molecule has 0 saturated heterocycles. The number of halogens is 3. The largest absolute Gasteiger partial charge is 0.573 e. The molecule has 146 valence electrons. The summed E-state index contributed by atoms with van der Waals surface area (Å²) in [6.07, 6.45) is -1.25. The first-order valence-corrected chi connectivity index (χ1v) is 9.03. The van der Waals surface area contributed by atoms with Crippen LogP contribution in [0.15, 0.2) is 48.5 Å². The van der Waals surface area contributed by atoms with E-state index < -0.39 is 6.36 Å². The number of nitrogens with zero attached hydrogens (tertiary/aromatic N) is 1. The predicted molar refractivity (Wildman–Crippen MR) is 101 cm³/mol. The molecule has 7 heteroatoms. The molecule has 1 aromatic heterocycles. The van der Waals surface area contributed by atoms with Crippen molar-refractivity contribution in [2.45, 2.75) is 31.5 Å². The Bertz CT molecular complexity index is 983. The Kier molecular flexibility index (Phi) is 4.75. The van der Waals surface area contributed by atoms with E-state index in [9.17, 15) is 13.2 Å². The molecule has 1 heterocycles. The normalized spacial score (nSPS) is 14.6. The lowest BCUT2D eigenvalue weighted by atomic mass is 9.82. The molecule has 0 atom stereocenters. The maximum Gasteiger partial charge on any atom is 0.573 e. The van der Waals surface area contributed by atoms with Gasteiger partial charge in [-0.25, -0.2) is 0 Å². The van der Waals surface area contributed by atoms with Crippen LogP contribution in [0.25, 0.3) is 10.9 Å². The van der Waals surface area contributed by atoms with E-state index in [0.717, 1.165) is 35.1 Å². The standard InChI is InChI=1S/C21H19F3N2O2/c1-27-16-9-10-18-17(11-16)20(12-19(26-18)13-3-2-4-13)25-14-5-7-15(8-6-14)28-21(22,23)24/h5-13H,2-4H2,1H3,(H,25,26). The van der Waals surface area contributed by atoms with Crippen LogP contribution in [0.4, 0.5) is 24.5 Å². The van der Waals surface area contributed by atoms with Gasteiger partial charge in [0.2, 0.25) is 0 Å². The van der Waals surface area contributed by atoms with Crippen molar-refractivity contribution < 1.29 is 22.6 Å². The summed E-state index contributed by atoms with van der Waals surface area (Å²) in [7, 11) is 1.60. The molecule has 2 aromatic carbocycles. The molecule has 4 nitrogen and oxygen atoms in total. The van der Waals surface area contributed by atoms with Crippen molar-refractivity contribution in [2.24, 2.45) is 0 Å². The van der Waals surface area contributed by atoms with Gasteiger partial charge in [-0.3, -0.25) is 4.98 Å². The Morgan fingerprint density at radius 2 is 1.71 bits per heavy atom. The average molecular weight is 388 g/mol. The fraction of sp³-hybridized carbons (Fsp3) is 0.286. The number of fused-ring (bicyclic) bond motifs is 1. The number of ether oxygens (including phenoxy) is 2. The number of pyridine rings is 1. The third kappa shape index (κ3) is 3.98. The fourth-order valence-electron chi connectivity index (χ4n) is 3.26. The van der Waals surface area contributed by atoms with Gasteiger partial charge in [-0.05, 0) is 61.4 Å². The van der Waals surface area contributed by atoms with Crippen LogP contribution in [0.5, 0.6) is 11.5 Å². The number of aromatic nitrogens is 1. The van der Waals surface area contributed by atoms with E-state index in [1.807, 2.05) is 24.3 Å². The highest BCUT2D eigenvalue weighted by Gasteiger charge is 2.31. The number of nitrogens with one attached hydrogen (secondary N) is 1. The Morgan fingerprint density at radius 1 is 1.00 bits per heavy atom. The Morgan fingerprint density at radius 3 is 2.32 bits per heavy atom. The molecule has 0 amide bonds. The zero-order valence-electron chi connectivity index (χ0n) is 15.2. The second-order valence-corrected chi connectivity index (χ2v) is 6.80. The van der Waals surface area contributed by atoms with Crippen LogP contribution >= 0.6 is 0 Å². The molecule has 1 aliphatic rings. The quantitative estimate of drug-likeness (QED) is 0.569. The Balaban J connectivity index is 1.68. The molecule has 3 aromatic rings. The Hall–Kier alpha value is -2.96. The minimum Gasteiger partial charge on any atom is -0.497 e. The number of rotatable bonds is 5. The highest BCUT2D eigenvalue weighted by molar-refractivity contribution is 5.94. The number of alkyl halides is 3. The smallest absolute Gasteiger partial charge is 0.497 e. The van der Waals surface area contributed by atoms with Crippen LogP contribution in [0.2, 0.25) is 0 Å². The molecular formula is C21H19F3N2O2. The van der Waals surface area contributed by atoms with Crippen molar-refractivity contribution in [3.05, 3.63) is 54.2 Å². The number of hydrogen-bond donors (Lipinski definition) is 1. The molecule has 1 N–H and O–H groups in total. The van der Waals surface area contributed by atoms with Crippen molar-refractivity contribution >= 4 is 22.3 Å². The second kappa shape index (κ2) is 7.22. The molecule has 4 rings (SSSR count). The molecule has 1 saturated carbocycles. The lowest BCUT2D eigenvalue weighted by Crippen LogP contribution is -2.17. The number of methoxy groups -OCH3 is 1. The van der Waals surface area contributed by atoms with Crippen molar-refractivity contribution in [1.29, 1.82) is 0 Å². The van der Waals surface area contributed by atoms with Gasteiger partial charge in [0.25, 0.3) is 0 Å². The summed E-state index contributed by atoms with van der Waals surface area (Å²) in [4.78, 5) is 4.79. The van der Waals surface area contributed by atoms with E-state index in [4.69, 9.17) is 9.72 Å². The van der Waals surface area contributed by atoms with Crippen LogP contribution in [-0.2, 0) is 0 Å². The van der Waals surface area contributed by atoms with Crippen molar-refractivity contribution in [3.8, 4) is 11.5 Å². The van der Waals surface area contributed by atoms with E-state index in [2.05, 4.69) is 10.1 Å². The Labute approximate surface area is 160 Å². The third-order valence-corrected chi connectivity index (χ3v) is 4.93. The summed E-state index contributed by atoms with van der Waals surface area (Å²) >= 11 is 0. The molecule has 28 heavy (non-hydrogen) atoms. The molecule has 0 spiro atoms. The first kappa shape index (κ1) is 18.4. The number of hydrogen-bond acceptors (Lipinski definition) is 4. The van der Waals surface area contributed by atoms with Gasteiger partial charge in [0.1, 0.15) is 11.5 Å². The molecular weight excluding hydrogens is 369 g/mol. The van der Waals surface area contributed by atoms with Gasteiger partial charge >= 0.3 is 6.36 Å². The van der Waals surface area contributed by atoms with Gasteiger partial charge in [0.05, 0.1) is 12.6 Å². The highest BCUT2D eigenvalue weighted by Crippen LogP contribution is 2.39. The van der Waals surface area contributed by atoms with E-state index >= 15 is 0 Å². The average Bonchev–Trinajstić information content (AvgIpc) is 2.60. The third-order valence-electron chi connectivity index (χ3n) is 4.93. The minimum absolute atomic E-state index is 0.255. The summed E-state index contributed by atoms with van der Waals surface area (Å²) in [6, 6.07) is 13.4. The van der Waals surface area contributed by atoms with Gasteiger partial charge in [-0.2, -0.15) is 0 Å². The predicted octanol–water partition coefficient (Wildman–Crippen LogP) is 6.15. The van der Waals surface area contributed by atoms with E-state index in [-0.39, 0.29) is 5.75 Å². The summed E-state index contributed by atoms with van der Waals surface area (Å²) in [5.74, 6) is 0.909. The van der Waals surface area contributed by atoms with Gasteiger partial charge in [0.15, 0.2) is 0 Å². The summed E-state index contributed by atoms with van der Waals surface area (Å²) in [5, 5.41) is 4.19. The SMILES string of the molecule is COc1ccc2nc(C3CCC3)cc(Nc3ccc(OC(F)(F)F)cc3)c2c1. The molecule has 0 radical (unpaired) electrons. The van der Waals surface area contributed by atoms with E-state index in [1.54, 1.807) is 19.2 Å². The molecule has 1 fully saturated rings. The maximum atomic E-state index is 12.3. The molecule has 0 bridgehead atoms. The van der Waals surface area contributed by atoms with Crippen LogP contribution in [-0.4, -0.2) is 18.5 Å². The van der Waals surface area contributed by atoms with E-state index in [1.165, 1.54) is 18.6 Å². The van der Waals surface area contributed by atoms with Crippen molar-refractivity contribution in [3.63, 3.8) is 0 Å². The maximum absolute atomic E-state index is 12.3. The summed E-state index contributed by atoms with van der Waals surface area (Å²) in [6.45, 7) is 0. The number of anilines is 2. The fourth-order valence-corrected chi connectivity index (χ4v) is 3.26. The summed E-state index contributed by atoms with van der Waals surface area (Å²) < 4.78 is 46.3. The summed E-state index contributed by atoms with van der Waals surface area (Å²) in [5.41, 5.74) is 3.38. The van der Waals surface area contributed by atoms with Crippen LogP contribution in [0.1, 0.15) is 30.9 Å². The highest BCUT2D eigenvalue weighted by atomic mass is 19.4. The topological polar surface area (TPSA) is 43.4 Å². The van der Waals surface area contributed by atoms with Gasteiger partial charge in [-0.15, -0.1) is 13.2 Å². The zero-order chi connectivity index (χ0) is 19.7. The number of benzene rings is 2.